The lowest BCUT2D eigenvalue weighted by Crippen LogP contribution is -2.24. The number of nitrogens with zero attached hydrogens (tertiary/aromatic N) is 3. The zero-order valence-corrected chi connectivity index (χ0v) is 19.0. The quantitative estimate of drug-likeness (QED) is 0.514. The first kappa shape index (κ1) is 22.2. The first-order chi connectivity index (χ1) is 15.7. The summed E-state index contributed by atoms with van der Waals surface area (Å²) in [5.74, 6) is 1.52. The first-order valence-electron chi connectivity index (χ1n) is 10.8. The summed E-state index contributed by atoms with van der Waals surface area (Å²) in [7, 11) is 0. The molecule has 1 aromatic carbocycles. The zero-order chi connectivity index (χ0) is 22.2. The summed E-state index contributed by atoms with van der Waals surface area (Å²) in [5, 5.41) is 16.1. The van der Waals surface area contributed by atoms with Crippen LogP contribution < -0.4 is 15.4 Å². The Morgan fingerprint density at radius 2 is 2.12 bits per heavy atom. The number of hydrogen-bond donors (Lipinski definition) is 2. The van der Waals surface area contributed by atoms with E-state index in [0.717, 1.165) is 48.7 Å². The van der Waals surface area contributed by atoms with E-state index in [1.54, 1.807) is 12.4 Å². The predicted octanol–water partition coefficient (Wildman–Crippen LogP) is 4.17. The van der Waals surface area contributed by atoms with E-state index in [9.17, 15) is 0 Å². The van der Waals surface area contributed by atoms with E-state index in [4.69, 9.17) is 10.00 Å². The second-order valence-electron chi connectivity index (χ2n) is 8.07. The van der Waals surface area contributed by atoms with Crippen LogP contribution in [-0.2, 0) is 13.2 Å². The van der Waals surface area contributed by atoms with Crippen LogP contribution in [-0.4, -0.2) is 29.0 Å². The minimum absolute atomic E-state index is 0.451. The van der Waals surface area contributed by atoms with E-state index >= 15 is 0 Å². The highest BCUT2D eigenvalue weighted by Gasteiger charge is 2.13. The van der Waals surface area contributed by atoms with Crippen LogP contribution in [0.3, 0.4) is 0 Å². The van der Waals surface area contributed by atoms with Crippen molar-refractivity contribution in [2.45, 2.75) is 26.5 Å². The lowest BCUT2D eigenvalue weighted by molar-refractivity contribution is 0.302. The van der Waals surface area contributed by atoms with Crippen molar-refractivity contribution < 1.29 is 4.74 Å². The summed E-state index contributed by atoms with van der Waals surface area (Å²) in [6.07, 6.45) is 8.55. The van der Waals surface area contributed by atoms with E-state index in [1.807, 2.05) is 31.2 Å². The number of nitriles is 1. The van der Waals surface area contributed by atoms with Crippen molar-refractivity contribution in [2.24, 2.45) is 5.92 Å². The number of benzene rings is 1. The molecule has 1 unspecified atom stereocenters. The van der Waals surface area contributed by atoms with Gasteiger partial charge in [0, 0.05) is 23.8 Å². The molecule has 3 aromatic rings. The fraction of sp³-hybridized carbons (Fsp3) is 0.320. The van der Waals surface area contributed by atoms with E-state index < -0.39 is 0 Å². The Kier molecular flexibility index (Phi) is 7.62. The molecule has 1 aliphatic heterocycles. The number of nitrogens with one attached hydrogen (secondary N) is 2. The molecule has 6 nitrogen and oxygen atoms in total. The molecule has 0 spiro atoms. The second-order valence-corrected chi connectivity index (χ2v) is 9.08. The van der Waals surface area contributed by atoms with Gasteiger partial charge in [0.1, 0.15) is 18.4 Å². The summed E-state index contributed by atoms with van der Waals surface area (Å²) >= 11 is 1.49. The molecule has 4 rings (SSSR count). The maximum absolute atomic E-state index is 9.09. The third-order valence-corrected chi connectivity index (χ3v) is 6.06. The molecule has 32 heavy (non-hydrogen) atoms. The number of aryl methyl sites for hydroxylation is 1. The Bertz CT molecular complexity index is 1110. The highest BCUT2D eigenvalue weighted by atomic mass is 32.1. The molecule has 3 heterocycles. The summed E-state index contributed by atoms with van der Waals surface area (Å²) in [4.78, 5) is 5.31. The summed E-state index contributed by atoms with van der Waals surface area (Å²) in [6.45, 7) is 6.50. The van der Waals surface area contributed by atoms with Crippen molar-refractivity contribution in [3.63, 3.8) is 0 Å². The van der Waals surface area contributed by atoms with Crippen molar-refractivity contribution in [1.29, 1.82) is 5.26 Å². The monoisotopic (exact) mass is 445 g/mol. The fourth-order valence-corrected chi connectivity index (χ4v) is 4.28. The molecule has 1 aliphatic rings. The lowest BCUT2D eigenvalue weighted by Gasteiger charge is -2.12. The minimum atomic E-state index is 0.451. The normalized spacial score (nSPS) is 15.8. The molecule has 1 fully saturated rings. The minimum Gasteiger partial charge on any atom is -0.487 e. The zero-order valence-electron chi connectivity index (χ0n) is 18.2. The van der Waals surface area contributed by atoms with E-state index in [-0.39, 0.29) is 0 Å². The Balaban J connectivity index is 1.48. The maximum Gasteiger partial charge on any atom is 0.131 e. The standard InChI is InChI=1S/C25H27N5OS/c1-18-6-24(30-32-18)17-31-25-9-19(2-3-20-8-23(11-26)16-28-12-20)7-22(10-25)15-29-14-21-4-5-27-13-21/h2-3,6-10,12,16,21,27,29H,4-5,13-15,17H2,1H3/b3-2+. The van der Waals surface area contributed by atoms with Gasteiger partial charge in [-0.05, 0) is 91.4 Å². The topological polar surface area (TPSA) is 82.9 Å². The van der Waals surface area contributed by atoms with Gasteiger partial charge in [0.2, 0.25) is 0 Å². The van der Waals surface area contributed by atoms with Crippen molar-refractivity contribution in [2.75, 3.05) is 19.6 Å². The van der Waals surface area contributed by atoms with Gasteiger partial charge in [-0.1, -0.05) is 18.2 Å². The molecule has 1 saturated heterocycles. The molecule has 0 aliphatic carbocycles. The fourth-order valence-electron chi connectivity index (χ4n) is 3.72. The summed E-state index contributed by atoms with van der Waals surface area (Å²) in [6, 6.07) is 12.3. The molecule has 7 heteroatoms. The van der Waals surface area contributed by atoms with Crippen LogP contribution in [0.1, 0.15) is 39.2 Å². The molecule has 0 radical (unpaired) electrons. The molecular weight excluding hydrogens is 418 g/mol. The van der Waals surface area contributed by atoms with E-state index in [2.05, 4.69) is 44.3 Å². The van der Waals surface area contributed by atoms with Gasteiger partial charge in [-0.25, -0.2) is 0 Å². The van der Waals surface area contributed by atoms with Crippen LogP contribution in [0.15, 0.2) is 42.7 Å². The van der Waals surface area contributed by atoms with E-state index in [0.29, 0.717) is 18.1 Å². The van der Waals surface area contributed by atoms with Crippen LogP contribution >= 0.6 is 11.5 Å². The number of ether oxygens (including phenoxy) is 1. The van der Waals surface area contributed by atoms with Crippen molar-refractivity contribution in [1.82, 2.24) is 20.0 Å². The first-order valence-corrected chi connectivity index (χ1v) is 11.6. The average Bonchev–Trinajstić information content (AvgIpc) is 3.48. The number of hydrogen-bond acceptors (Lipinski definition) is 7. The Labute approximate surface area is 193 Å². The molecule has 0 bridgehead atoms. The smallest absolute Gasteiger partial charge is 0.131 e. The Morgan fingerprint density at radius 3 is 2.91 bits per heavy atom. The number of aromatic nitrogens is 2. The average molecular weight is 446 g/mol. The van der Waals surface area contributed by atoms with Crippen molar-refractivity contribution in [3.8, 4) is 11.8 Å². The molecule has 1 atom stereocenters. The van der Waals surface area contributed by atoms with Gasteiger partial charge in [-0.3, -0.25) is 4.98 Å². The van der Waals surface area contributed by atoms with Crippen molar-refractivity contribution >= 4 is 23.7 Å². The molecule has 0 saturated carbocycles. The van der Waals surface area contributed by atoms with Crippen LogP contribution in [0.4, 0.5) is 0 Å². The van der Waals surface area contributed by atoms with Gasteiger partial charge in [0.05, 0.1) is 11.3 Å². The Morgan fingerprint density at radius 1 is 1.22 bits per heavy atom. The second kappa shape index (κ2) is 11.0. The highest BCUT2D eigenvalue weighted by molar-refractivity contribution is 7.05. The number of pyridine rings is 1. The van der Waals surface area contributed by atoms with Crippen LogP contribution in [0, 0.1) is 24.2 Å². The van der Waals surface area contributed by atoms with Gasteiger partial charge < -0.3 is 15.4 Å². The van der Waals surface area contributed by atoms with Crippen LogP contribution in [0.25, 0.3) is 12.2 Å². The molecule has 2 aromatic heterocycles. The molecular formula is C25H27N5OS. The summed E-state index contributed by atoms with van der Waals surface area (Å²) in [5.41, 5.74) is 4.60. The maximum atomic E-state index is 9.09. The predicted molar refractivity (Wildman–Crippen MR) is 128 cm³/mol. The summed E-state index contributed by atoms with van der Waals surface area (Å²) < 4.78 is 10.5. The Hall–Kier alpha value is -3.05. The number of rotatable bonds is 9. The third kappa shape index (κ3) is 6.47. The molecule has 2 N–H and O–H groups in total. The third-order valence-electron chi connectivity index (χ3n) is 5.33. The SMILES string of the molecule is Cc1cc(COc2cc(/C=C/c3cncc(C#N)c3)cc(CNCC3CCNC3)c2)ns1. The van der Waals surface area contributed by atoms with Crippen molar-refractivity contribution in [3.05, 3.63) is 75.6 Å². The van der Waals surface area contributed by atoms with Gasteiger partial charge in [0.15, 0.2) is 0 Å². The van der Waals surface area contributed by atoms with Crippen LogP contribution in [0.5, 0.6) is 5.75 Å². The van der Waals surface area contributed by atoms with Gasteiger partial charge in [0.25, 0.3) is 0 Å². The van der Waals surface area contributed by atoms with Gasteiger partial charge in [-0.15, -0.1) is 0 Å². The molecule has 164 valence electrons. The molecule has 0 amide bonds. The highest BCUT2D eigenvalue weighted by Crippen LogP contribution is 2.21. The van der Waals surface area contributed by atoms with Gasteiger partial charge in [-0.2, -0.15) is 9.64 Å². The van der Waals surface area contributed by atoms with Crippen LogP contribution in [0.2, 0.25) is 0 Å². The van der Waals surface area contributed by atoms with Gasteiger partial charge >= 0.3 is 0 Å². The largest absolute Gasteiger partial charge is 0.487 e. The lowest BCUT2D eigenvalue weighted by atomic mass is 10.1. The van der Waals surface area contributed by atoms with E-state index in [1.165, 1.54) is 28.4 Å².